The van der Waals surface area contributed by atoms with Gasteiger partial charge in [0.2, 0.25) is 0 Å². The largest absolute Gasteiger partial charge is 0.496 e. The summed E-state index contributed by atoms with van der Waals surface area (Å²) in [5, 5.41) is 0. The highest BCUT2D eigenvalue weighted by Gasteiger charge is 2.16. The number of likely N-dealkylation sites (N-methyl/N-ethyl adjacent to an activating group) is 1. The lowest BCUT2D eigenvalue weighted by Crippen LogP contribution is -2.43. The van der Waals surface area contributed by atoms with Gasteiger partial charge in [0, 0.05) is 38.3 Å². The van der Waals surface area contributed by atoms with Gasteiger partial charge in [0.1, 0.15) is 5.75 Å². The Morgan fingerprint density at radius 1 is 1.00 bits per heavy atom. The molecule has 1 aliphatic rings. The number of piperazine rings is 1. The molecule has 2 aromatic rings. The molecule has 0 aliphatic carbocycles. The number of para-hydroxylation sites is 1. The molecule has 24 heavy (non-hydrogen) atoms. The van der Waals surface area contributed by atoms with Crippen molar-refractivity contribution in [3.63, 3.8) is 0 Å². The van der Waals surface area contributed by atoms with E-state index in [-0.39, 0.29) is 5.78 Å². The number of benzene rings is 2. The average Bonchev–Trinajstić information content (AvgIpc) is 2.63. The van der Waals surface area contributed by atoms with Crippen LogP contribution in [0.4, 0.5) is 0 Å². The fourth-order valence-electron chi connectivity index (χ4n) is 3.01. The monoisotopic (exact) mass is 324 g/mol. The normalized spacial score (nSPS) is 16.1. The fraction of sp³-hybridized carbons (Fsp3) is 0.350. The Bertz CT molecular complexity index is 689. The third-order valence-corrected chi connectivity index (χ3v) is 4.57. The van der Waals surface area contributed by atoms with Crippen molar-refractivity contribution in [2.24, 2.45) is 0 Å². The first-order valence-electron chi connectivity index (χ1n) is 8.35. The van der Waals surface area contributed by atoms with E-state index < -0.39 is 0 Å². The van der Waals surface area contributed by atoms with Gasteiger partial charge in [-0.25, -0.2) is 0 Å². The standard InChI is InChI=1S/C20H24N2O2/c1-21-11-13-22(14-12-21)15-16-7-9-17(10-8-16)20(23)18-5-3-4-6-19(18)24-2/h3-10H,11-15H2,1-2H3. The molecule has 0 radical (unpaired) electrons. The first kappa shape index (κ1) is 16.7. The fourth-order valence-corrected chi connectivity index (χ4v) is 3.01. The Morgan fingerprint density at radius 2 is 1.67 bits per heavy atom. The SMILES string of the molecule is COc1ccccc1C(=O)c1ccc(CN2CCN(C)CC2)cc1. The first-order chi connectivity index (χ1) is 11.7. The lowest BCUT2D eigenvalue weighted by molar-refractivity contribution is 0.103. The van der Waals surface area contributed by atoms with E-state index in [0.717, 1.165) is 32.7 Å². The van der Waals surface area contributed by atoms with E-state index in [9.17, 15) is 4.79 Å². The molecule has 1 heterocycles. The Labute approximate surface area is 143 Å². The molecule has 1 saturated heterocycles. The van der Waals surface area contributed by atoms with Crippen LogP contribution in [0.25, 0.3) is 0 Å². The predicted molar refractivity (Wildman–Crippen MR) is 95.6 cm³/mol. The number of nitrogens with zero attached hydrogens (tertiary/aromatic N) is 2. The number of carbonyl (C=O) groups excluding carboxylic acids is 1. The van der Waals surface area contributed by atoms with Gasteiger partial charge < -0.3 is 9.64 Å². The Balaban J connectivity index is 1.69. The molecule has 0 atom stereocenters. The number of carbonyl (C=O) groups is 1. The predicted octanol–water partition coefficient (Wildman–Crippen LogP) is 2.67. The molecule has 4 heteroatoms. The van der Waals surface area contributed by atoms with Gasteiger partial charge in [-0.05, 0) is 24.7 Å². The summed E-state index contributed by atoms with van der Waals surface area (Å²) in [6.45, 7) is 5.36. The zero-order chi connectivity index (χ0) is 16.9. The molecule has 0 spiro atoms. The zero-order valence-electron chi connectivity index (χ0n) is 14.4. The molecule has 1 aliphatic heterocycles. The molecular weight excluding hydrogens is 300 g/mol. The van der Waals surface area contributed by atoms with Gasteiger partial charge >= 0.3 is 0 Å². The van der Waals surface area contributed by atoms with E-state index >= 15 is 0 Å². The molecule has 0 aromatic heterocycles. The summed E-state index contributed by atoms with van der Waals surface area (Å²) in [7, 11) is 3.75. The second kappa shape index (κ2) is 7.60. The molecular formula is C20H24N2O2. The number of hydrogen-bond donors (Lipinski definition) is 0. The van der Waals surface area contributed by atoms with Gasteiger partial charge in [-0.3, -0.25) is 9.69 Å². The number of rotatable bonds is 5. The summed E-state index contributed by atoms with van der Waals surface area (Å²) in [5.41, 5.74) is 2.55. The third kappa shape index (κ3) is 3.83. The Hall–Kier alpha value is -2.17. The van der Waals surface area contributed by atoms with Crippen LogP contribution < -0.4 is 4.74 Å². The second-order valence-electron chi connectivity index (χ2n) is 6.31. The van der Waals surface area contributed by atoms with Crippen LogP contribution in [0.15, 0.2) is 48.5 Å². The number of hydrogen-bond acceptors (Lipinski definition) is 4. The van der Waals surface area contributed by atoms with Gasteiger partial charge in [0.25, 0.3) is 0 Å². The number of ketones is 1. The van der Waals surface area contributed by atoms with Crippen molar-refractivity contribution in [1.82, 2.24) is 9.80 Å². The molecule has 0 amide bonds. The Kier molecular flexibility index (Phi) is 5.28. The molecule has 0 bridgehead atoms. The van der Waals surface area contributed by atoms with Crippen LogP contribution in [0.1, 0.15) is 21.5 Å². The molecule has 0 unspecified atom stereocenters. The van der Waals surface area contributed by atoms with Crippen molar-refractivity contribution < 1.29 is 9.53 Å². The molecule has 3 rings (SSSR count). The minimum absolute atomic E-state index is 0.00130. The minimum Gasteiger partial charge on any atom is -0.496 e. The smallest absolute Gasteiger partial charge is 0.196 e. The highest BCUT2D eigenvalue weighted by molar-refractivity contribution is 6.10. The summed E-state index contributed by atoms with van der Waals surface area (Å²) in [6.07, 6.45) is 0. The maximum Gasteiger partial charge on any atom is 0.196 e. The van der Waals surface area contributed by atoms with Crippen LogP contribution in [0, 0.1) is 0 Å². The molecule has 0 N–H and O–H groups in total. The lowest BCUT2D eigenvalue weighted by atomic mass is 10.0. The minimum atomic E-state index is -0.00130. The van der Waals surface area contributed by atoms with Crippen LogP contribution in [-0.2, 0) is 6.54 Å². The Morgan fingerprint density at radius 3 is 2.33 bits per heavy atom. The highest BCUT2D eigenvalue weighted by atomic mass is 16.5. The molecule has 2 aromatic carbocycles. The van der Waals surface area contributed by atoms with Crippen molar-refractivity contribution in [3.05, 3.63) is 65.2 Å². The van der Waals surface area contributed by atoms with Crippen molar-refractivity contribution in [2.75, 3.05) is 40.3 Å². The highest BCUT2D eigenvalue weighted by Crippen LogP contribution is 2.21. The summed E-state index contributed by atoms with van der Waals surface area (Å²) < 4.78 is 5.29. The first-order valence-corrected chi connectivity index (χ1v) is 8.35. The van der Waals surface area contributed by atoms with E-state index in [1.54, 1.807) is 13.2 Å². The van der Waals surface area contributed by atoms with Gasteiger partial charge in [0.05, 0.1) is 12.7 Å². The van der Waals surface area contributed by atoms with E-state index in [4.69, 9.17) is 4.74 Å². The van der Waals surface area contributed by atoms with Crippen molar-refractivity contribution >= 4 is 5.78 Å². The zero-order valence-corrected chi connectivity index (χ0v) is 14.4. The van der Waals surface area contributed by atoms with E-state index in [0.29, 0.717) is 16.9 Å². The van der Waals surface area contributed by atoms with Crippen LogP contribution in [-0.4, -0.2) is 55.9 Å². The molecule has 126 valence electrons. The molecule has 1 fully saturated rings. The van der Waals surface area contributed by atoms with Gasteiger partial charge in [-0.1, -0.05) is 36.4 Å². The van der Waals surface area contributed by atoms with Crippen LogP contribution >= 0.6 is 0 Å². The van der Waals surface area contributed by atoms with Gasteiger partial charge in [0.15, 0.2) is 5.78 Å². The number of ether oxygens (including phenoxy) is 1. The topological polar surface area (TPSA) is 32.8 Å². The molecule has 4 nitrogen and oxygen atoms in total. The van der Waals surface area contributed by atoms with Crippen molar-refractivity contribution in [1.29, 1.82) is 0 Å². The quantitative estimate of drug-likeness (QED) is 0.792. The van der Waals surface area contributed by atoms with Crippen molar-refractivity contribution in [3.8, 4) is 5.75 Å². The second-order valence-corrected chi connectivity index (χ2v) is 6.31. The summed E-state index contributed by atoms with van der Waals surface area (Å²) >= 11 is 0. The maximum atomic E-state index is 12.7. The summed E-state index contributed by atoms with van der Waals surface area (Å²) in [5.74, 6) is 0.614. The van der Waals surface area contributed by atoms with Gasteiger partial charge in [-0.15, -0.1) is 0 Å². The van der Waals surface area contributed by atoms with Crippen LogP contribution in [0.3, 0.4) is 0 Å². The maximum absolute atomic E-state index is 12.7. The van der Waals surface area contributed by atoms with Crippen LogP contribution in [0.5, 0.6) is 5.75 Å². The lowest BCUT2D eigenvalue weighted by Gasteiger charge is -2.32. The van der Waals surface area contributed by atoms with Crippen LogP contribution in [0.2, 0.25) is 0 Å². The summed E-state index contributed by atoms with van der Waals surface area (Å²) in [6, 6.07) is 15.3. The summed E-state index contributed by atoms with van der Waals surface area (Å²) in [4.78, 5) is 17.5. The van der Waals surface area contributed by atoms with E-state index in [1.165, 1.54) is 5.56 Å². The molecule has 0 saturated carbocycles. The third-order valence-electron chi connectivity index (χ3n) is 4.57. The van der Waals surface area contributed by atoms with Crippen molar-refractivity contribution in [2.45, 2.75) is 6.54 Å². The van der Waals surface area contributed by atoms with E-state index in [2.05, 4.69) is 29.0 Å². The number of methoxy groups -OCH3 is 1. The average molecular weight is 324 g/mol. The van der Waals surface area contributed by atoms with E-state index in [1.807, 2.05) is 30.3 Å². The van der Waals surface area contributed by atoms with Gasteiger partial charge in [-0.2, -0.15) is 0 Å².